The second-order valence-corrected chi connectivity index (χ2v) is 7.40. The van der Waals surface area contributed by atoms with E-state index in [4.69, 9.17) is 26.2 Å². The Labute approximate surface area is 176 Å². The summed E-state index contributed by atoms with van der Waals surface area (Å²) in [5.41, 5.74) is 2.21. The number of carbonyl (C=O) groups is 2. The van der Waals surface area contributed by atoms with Gasteiger partial charge >= 0.3 is 5.97 Å². The number of methoxy groups -OCH3 is 1. The van der Waals surface area contributed by atoms with Crippen LogP contribution in [-0.2, 0) is 9.59 Å². The van der Waals surface area contributed by atoms with Gasteiger partial charge in [0, 0.05) is 5.02 Å². The number of aliphatic imine (C=N–C) groups is 1. The van der Waals surface area contributed by atoms with E-state index in [1.54, 1.807) is 36.4 Å². The molecule has 0 radical (unpaired) electrons. The lowest BCUT2D eigenvalue weighted by Crippen LogP contribution is -2.19. The molecule has 0 spiro atoms. The van der Waals surface area contributed by atoms with Gasteiger partial charge in [0.05, 0.1) is 17.7 Å². The maximum Gasteiger partial charge on any atom is 0.341 e. The van der Waals surface area contributed by atoms with Crippen LogP contribution in [-0.4, -0.2) is 35.9 Å². The molecule has 0 saturated carbocycles. The number of amides is 1. The van der Waals surface area contributed by atoms with Gasteiger partial charge in [-0.2, -0.15) is 0 Å². The number of thioether (sulfide) groups is 1. The van der Waals surface area contributed by atoms with Gasteiger partial charge in [-0.3, -0.25) is 4.79 Å². The molecule has 1 heterocycles. The van der Waals surface area contributed by atoms with Crippen molar-refractivity contribution in [3.05, 3.63) is 57.5 Å². The molecule has 0 aliphatic carbocycles. The van der Waals surface area contributed by atoms with Crippen LogP contribution in [0.4, 0.5) is 5.69 Å². The Morgan fingerprint density at radius 2 is 2.10 bits per heavy atom. The van der Waals surface area contributed by atoms with Gasteiger partial charge in [-0.1, -0.05) is 23.7 Å². The highest BCUT2D eigenvalue weighted by atomic mass is 35.5. The number of hydrogen-bond donors (Lipinski definition) is 2. The number of rotatable bonds is 6. The van der Waals surface area contributed by atoms with Crippen LogP contribution in [0, 0.1) is 6.92 Å². The monoisotopic (exact) mass is 432 g/mol. The number of hydrogen-bond acceptors (Lipinski definition) is 6. The van der Waals surface area contributed by atoms with Crippen molar-refractivity contribution in [1.29, 1.82) is 0 Å². The van der Waals surface area contributed by atoms with E-state index in [-0.39, 0.29) is 5.91 Å². The Balaban J connectivity index is 1.82. The smallest absolute Gasteiger partial charge is 0.341 e. The highest BCUT2D eigenvalue weighted by Crippen LogP contribution is 2.33. The van der Waals surface area contributed by atoms with Crippen molar-refractivity contribution < 1.29 is 24.2 Å². The van der Waals surface area contributed by atoms with Crippen molar-refractivity contribution in [1.82, 2.24) is 5.32 Å². The number of carbonyl (C=O) groups excluding carboxylic acids is 1. The molecule has 0 atom stereocenters. The zero-order chi connectivity index (χ0) is 21.0. The second kappa shape index (κ2) is 9.02. The van der Waals surface area contributed by atoms with Crippen LogP contribution in [0.2, 0.25) is 5.02 Å². The molecule has 2 aromatic carbocycles. The summed E-state index contributed by atoms with van der Waals surface area (Å²) in [5, 5.41) is 12.5. The van der Waals surface area contributed by atoms with Gasteiger partial charge in [-0.15, -0.1) is 0 Å². The summed E-state index contributed by atoms with van der Waals surface area (Å²) in [4.78, 5) is 27.9. The first-order chi connectivity index (χ1) is 13.9. The Morgan fingerprint density at radius 1 is 1.31 bits per heavy atom. The Bertz CT molecular complexity index is 1040. The number of ether oxygens (including phenoxy) is 2. The largest absolute Gasteiger partial charge is 0.493 e. The van der Waals surface area contributed by atoms with Gasteiger partial charge in [0.15, 0.2) is 23.3 Å². The minimum absolute atomic E-state index is 0.265. The van der Waals surface area contributed by atoms with Gasteiger partial charge < -0.3 is 19.9 Å². The van der Waals surface area contributed by atoms with E-state index in [0.29, 0.717) is 37.8 Å². The van der Waals surface area contributed by atoms with Gasteiger partial charge in [0.1, 0.15) is 0 Å². The van der Waals surface area contributed by atoms with Crippen molar-refractivity contribution in [2.24, 2.45) is 4.99 Å². The van der Waals surface area contributed by atoms with Crippen LogP contribution in [0.25, 0.3) is 6.08 Å². The summed E-state index contributed by atoms with van der Waals surface area (Å²) in [6.07, 6.45) is 1.69. The number of aliphatic carboxylic acids is 1. The first kappa shape index (κ1) is 20.8. The highest BCUT2D eigenvalue weighted by molar-refractivity contribution is 8.18. The van der Waals surface area contributed by atoms with Crippen molar-refractivity contribution in [3.63, 3.8) is 0 Å². The summed E-state index contributed by atoms with van der Waals surface area (Å²) in [6.45, 7) is 1.39. The van der Waals surface area contributed by atoms with Crippen LogP contribution < -0.4 is 14.8 Å². The van der Waals surface area contributed by atoms with Gasteiger partial charge in [-0.25, -0.2) is 9.79 Å². The maximum absolute atomic E-state index is 12.3. The topological polar surface area (TPSA) is 97.2 Å². The van der Waals surface area contributed by atoms with E-state index in [2.05, 4.69) is 10.3 Å². The van der Waals surface area contributed by atoms with Crippen LogP contribution in [0.1, 0.15) is 11.1 Å². The zero-order valence-corrected chi connectivity index (χ0v) is 17.1. The number of carboxylic acids is 1. The third-order valence-electron chi connectivity index (χ3n) is 3.95. The fourth-order valence-corrected chi connectivity index (χ4v) is 3.50. The standard InChI is InChI=1S/C20H17ClN2O5S/c1-11-13(21)4-3-5-14(11)22-20-23-19(26)17(29-20)9-12-6-7-15(16(8-12)27-2)28-10-18(24)25/h3-9H,10H2,1-2H3,(H,24,25)(H,22,23,26)/b17-9-. The number of nitrogens with zero attached hydrogens (tertiary/aromatic N) is 1. The van der Waals surface area contributed by atoms with E-state index in [0.717, 1.165) is 5.56 Å². The number of nitrogens with one attached hydrogen (secondary N) is 1. The Morgan fingerprint density at radius 3 is 2.83 bits per heavy atom. The lowest BCUT2D eigenvalue weighted by molar-refractivity contribution is -0.139. The molecule has 7 nitrogen and oxygen atoms in total. The summed E-state index contributed by atoms with van der Waals surface area (Å²) in [6, 6.07) is 10.4. The van der Waals surface area contributed by atoms with E-state index in [1.807, 2.05) is 13.0 Å². The summed E-state index contributed by atoms with van der Waals surface area (Å²) in [5.74, 6) is -0.677. The number of amidine groups is 1. The molecule has 1 fully saturated rings. The molecule has 1 aliphatic heterocycles. The van der Waals surface area contributed by atoms with Gasteiger partial charge in [0.2, 0.25) is 0 Å². The molecular weight excluding hydrogens is 416 g/mol. The van der Waals surface area contributed by atoms with E-state index in [1.165, 1.54) is 18.9 Å². The molecule has 1 saturated heterocycles. The van der Waals surface area contributed by atoms with Crippen LogP contribution in [0.3, 0.4) is 0 Å². The minimum atomic E-state index is -1.08. The normalized spacial score (nSPS) is 16.2. The quantitative estimate of drug-likeness (QED) is 0.669. The summed E-state index contributed by atoms with van der Waals surface area (Å²) < 4.78 is 10.4. The predicted octanol–water partition coefficient (Wildman–Crippen LogP) is 4.01. The van der Waals surface area contributed by atoms with Crippen LogP contribution >= 0.6 is 23.4 Å². The van der Waals surface area contributed by atoms with Crippen LogP contribution in [0.15, 0.2) is 46.3 Å². The molecule has 150 valence electrons. The molecule has 0 unspecified atom stereocenters. The summed E-state index contributed by atoms with van der Waals surface area (Å²) in [7, 11) is 1.45. The molecule has 29 heavy (non-hydrogen) atoms. The molecule has 3 rings (SSSR count). The van der Waals surface area contributed by atoms with Crippen molar-refractivity contribution in [2.75, 3.05) is 13.7 Å². The molecule has 9 heteroatoms. The van der Waals surface area contributed by atoms with Crippen molar-refractivity contribution >= 4 is 52.2 Å². The fraction of sp³-hybridized carbons (Fsp3) is 0.150. The first-order valence-electron chi connectivity index (χ1n) is 8.44. The second-order valence-electron chi connectivity index (χ2n) is 5.96. The number of carboxylic acid groups (broad SMARTS) is 1. The van der Waals surface area contributed by atoms with Gasteiger partial charge in [-0.05, 0) is 60.2 Å². The third kappa shape index (κ3) is 5.10. The van der Waals surface area contributed by atoms with Gasteiger partial charge in [0.25, 0.3) is 5.91 Å². The van der Waals surface area contributed by atoms with E-state index in [9.17, 15) is 9.59 Å². The first-order valence-corrected chi connectivity index (χ1v) is 9.64. The van der Waals surface area contributed by atoms with Crippen LogP contribution in [0.5, 0.6) is 11.5 Å². The molecule has 1 aliphatic rings. The molecule has 2 aromatic rings. The minimum Gasteiger partial charge on any atom is -0.493 e. The summed E-state index contributed by atoms with van der Waals surface area (Å²) >= 11 is 7.33. The molecule has 0 bridgehead atoms. The maximum atomic E-state index is 12.3. The van der Waals surface area contributed by atoms with Crippen molar-refractivity contribution in [3.8, 4) is 11.5 Å². The van der Waals surface area contributed by atoms with E-state index < -0.39 is 12.6 Å². The van der Waals surface area contributed by atoms with E-state index >= 15 is 0 Å². The highest BCUT2D eigenvalue weighted by Gasteiger charge is 2.24. The zero-order valence-electron chi connectivity index (χ0n) is 15.6. The molecule has 1 amide bonds. The third-order valence-corrected chi connectivity index (χ3v) is 5.27. The van der Waals surface area contributed by atoms with Crippen molar-refractivity contribution in [2.45, 2.75) is 6.92 Å². The Hall–Kier alpha value is -2.97. The predicted molar refractivity (Wildman–Crippen MR) is 113 cm³/mol. The Kier molecular flexibility index (Phi) is 6.46. The SMILES string of the molecule is COc1cc(/C=C2\SC(=Nc3cccc(Cl)c3C)NC2=O)ccc1OCC(=O)O. The molecular formula is C20H17ClN2O5S. The number of halogens is 1. The molecule has 2 N–H and O–H groups in total. The lowest BCUT2D eigenvalue weighted by Gasteiger charge is -2.09. The lowest BCUT2D eigenvalue weighted by atomic mass is 10.2. The average Bonchev–Trinajstić information content (AvgIpc) is 3.03. The number of benzene rings is 2. The fourth-order valence-electron chi connectivity index (χ4n) is 2.49. The average molecular weight is 433 g/mol. The molecule has 0 aromatic heterocycles.